The summed E-state index contributed by atoms with van der Waals surface area (Å²) in [4.78, 5) is 11.2. The van der Waals surface area contributed by atoms with E-state index in [1.807, 2.05) is 13.0 Å². The number of aryl methyl sites for hydroxylation is 1. The van der Waals surface area contributed by atoms with Crippen molar-refractivity contribution in [2.75, 3.05) is 18.0 Å². The molecule has 0 aromatic carbocycles. The summed E-state index contributed by atoms with van der Waals surface area (Å²) in [5, 5.41) is 0. The first-order valence-corrected chi connectivity index (χ1v) is 6.81. The molecule has 1 saturated heterocycles. The summed E-state index contributed by atoms with van der Waals surface area (Å²) >= 11 is 3.44. The first-order valence-electron chi connectivity index (χ1n) is 6.02. The van der Waals surface area contributed by atoms with Gasteiger partial charge in [-0.3, -0.25) is 0 Å². The Bertz CT molecular complexity index is 326. The Balaban J connectivity index is 2.13. The number of hydrogen-bond donors (Lipinski definition) is 0. The van der Waals surface area contributed by atoms with Gasteiger partial charge in [0.25, 0.3) is 0 Å². The van der Waals surface area contributed by atoms with E-state index in [0.717, 1.165) is 29.3 Å². The van der Waals surface area contributed by atoms with Crippen molar-refractivity contribution < 1.29 is 0 Å². The fourth-order valence-electron chi connectivity index (χ4n) is 2.15. The van der Waals surface area contributed by atoms with Crippen molar-refractivity contribution in [2.24, 2.45) is 0 Å². The maximum Gasteiger partial charge on any atom is 0.133 e. The first kappa shape index (κ1) is 11.8. The summed E-state index contributed by atoms with van der Waals surface area (Å²) in [6.45, 7) is 4.20. The van der Waals surface area contributed by atoms with Crippen LogP contribution in [0.3, 0.4) is 0 Å². The minimum absolute atomic E-state index is 0.839. The van der Waals surface area contributed by atoms with Gasteiger partial charge in [0.2, 0.25) is 0 Å². The average molecular weight is 284 g/mol. The molecule has 0 spiro atoms. The van der Waals surface area contributed by atoms with Gasteiger partial charge in [0.1, 0.15) is 16.2 Å². The lowest BCUT2D eigenvalue weighted by atomic mass is 10.1. The van der Waals surface area contributed by atoms with Gasteiger partial charge in [0.05, 0.1) is 0 Å². The molecule has 0 unspecified atom stereocenters. The predicted octanol–water partition coefficient (Wildman–Crippen LogP) is 3.32. The van der Waals surface area contributed by atoms with Crippen LogP contribution in [0, 0.1) is 6.92 Å². The molecule has 3 nitrogen and oxygen atoms in total. The Labute approximate surface area is 105 Å². The largest absolute Gasteiger partial charge is 0.356 e. The highest BCUT2D eigenvalue weighted by Crippen LogP contribution is 2.20. The quantitative estimate of drug-likeness (QED) is 0.741. The summed E-state index contributed by atoms with van der Waals surface area (Å²) < 4.78 is 0.886. The fraction of sp³-hybridized carbons (Fsp3) is 0.667. The van der Waals surface area contributed by atoms with Crippen LogP contribution in [0.4, 0.5) is 5.82 Å². The van der Waals surface area contributed by atoms with Crippen molar-refractivity contribution in [3.63, 3.8) is 0 Å². The molecule has 0 bridgehead atoms. The number of aromatic nitrogens is 2. The summed E-state index contributed by atoms with van der Waals surface area (Å²) in [5.41, 5.74) is 0. The zero-order chi connectivity index (χ0) is 11.4. The average Bonchev–Trinajstić information content (AvgIpc) is 2.14. The lowest BCUT2D eigenvalue weighted by Gasteiger charge is -2.25. The zero-order valence-corrected chi connectivity index (χ0v) is 11.3. The number of halogens is 1. The highest BCUT2D eigenvalue weighted by atomic mass is 79.9. The molecule has 0 atom stereocenters. The van der Waals surface area contributed by atoms with E-state index in [-0.39, 0.29) is 0 Å². The second-order valence-electron chi connectivity index (χ2n) is 4.35. The van der Waals surface area contributed by atoms with Crippen LogP contribution in [0.1, 0.15) is 37.9 Å². The van der Waals surface area contributed by atoms with Crippen LogP contribution in [-0.2, 0) is 0 Å². The molecule has 0 saturated carbocycles. The maximum absolute atomic E-state index is 4.51. The molecule has 0 aliphatic carbocycles. The summed E-state index contributed by atoms with van der Waals surface area (Å²) in [7, 11) is 0. The van der Waals surface area contributed by atoms with Crippen LogP contribution < -0.4 is 4.90 Å². The number of hydrogen-bond acceptors (Lipinski definition) is 3. The molecule has 1 aliphatic rings. The Kier molecular flexibility index (Phi) is 4.16. The van der Waals surface area contributed by atoms with Crippen molar-refractivity contribution in [3.05, 3.63) is 16.5 Å². The van der Waals surface area contributed by atoms with Crippen LogP contribution in [0.15, 0.2) is 10.7 Å². The van der Waals surface area contributed by atoms with E-state index in [0.29, 0.717) is 0 Å². The lowest BCUT2D eigenvalue weighted by molar-refractivity contribution is 0.553. The highest BCUT2D eigenvalue weighted by Gasteiger charge is 2.11. The molecular formula is C12H18BrN3. The Morgan fingerprint density at radius 2 is 1.69 bits per heavy atom. The fourth-order valence-corrected chi connectivity index (χ4v) is 2.62. The Morgan fingerprint density at radius 1 is 1.06 bits per heavy atom. The molecule has 0 radical (unpaired) electrons. The van der Waals surface area contributed by atoms with Gasteiger partial charge in [0, 0.05) is 19.2 Å². The third kappa shape index (κ3) is 3.17. The van der Waals surface area contributed by atoms with Crippen molar-refractivity contribution in [3.8, 4) is 0 Å². The Morgan fingerprint density at radius 3 is 2.31 bits per heavy atom. The van der Waals surface area contributed by atoms with Crippen LogP contribution in [-0.4, -0.2) is 23.1 Å². The zero-order valence-electron chi connectivity index (χ0n) is 9.75. The van der Waals surface area contributed by atoms with E-state index < -0.39 is 0 Å². The lowest BCUT2D eigenvalue weighted by Crippen LogP contribution is -2.28. The normalized spacial score (nSPS) is 18.0. The standard InChI is InChI=1S/C12H18BrN3/c1-10-14-11(13)9-12(15-10)16-7-5-3-2-4-6-8-16/h9H,2-8H2,1H3. The molecule has 1 fully saturated rings. The van der Waals surface area contributed by atoms with E-state index in [2.05, 4.69) is 30.8 Å². The molecule has 0 N–H and O–H groups in total. The summed E-state index contributed by atoms with van der Waals surface area (Å²) in [6, 6.07) is 2.02. The van der Waals surface area contributed by atoms with Crippen molar-refractivity contribution in [1.82, 2.24) is 9.97 Å². The van der Waals surface area contributed by atoms with E-state index in [9.17, 15) is 0 Å². The monoisotopic (exact) mass is 283 g/mol. The van der Waals surface area contributed by atoms with E-state index in [1.165, 1.54) is 32.1 Å². The second kappa shape index (κ2) is 5.62. The van der Waals surface area contributed by atoms with Crippen molar-refractivity contribution in [1.29, 1.82) is 0 Å². The van der Waals surface area contributed by atoms with Crippen LogP contribution in [0.5, 0.6) is 0 Å². The molecule has 2 rings (SSSR count). The second-order valence-corrected chi connectivity index (χ2v) is 5.16. The van der Waals surface area contributed by atoms with E-state index in [1.54, 1.807) is 0 Å². The van der Waals surface area contributed by atoms with Gasteiger partial charge in [-0.1, -0.05) is 19.3 Å². The van der Waals surface area contributed by atoms with Crippen molar-refractivity contribution in [2.45, 2.75) is 39.0 Å². The summed E-state index contributed by atoms with van der Waals surface area (Å²) in [5.74, 6) is 1.91. The molecule has 1 aromatic heterocycles. The van der Waals surface area contributed by atoms with Gasteiger partial charge >= 0.3 is 0 Å². The van der Waals surface area contributed by atoms with Crippen LogP contribution in [0.2, 0.25) is 0 Å². The van der Waals surface area contributed by atoms with Gasteiger partial charge in [-0.15, -0.1) is 0 Å². The molecule has 2 heterocycles. The van der Waals surface area contributed by atoms with Gasteiger partial charge in [-0.25, -0.2) is 9.97 Å². The van der Waals surface area contributed by atoms with E-state index >= 15 is 0 Å². The number of rotatable bonds is 1. The molecular weight excluding hydrogens is 266 g/mol. The van der Waals surface area contributed by atoms with Gasteiger partial charge < -0.3 is 4.90 Å². The molecule has 88 valence electrons. The third-order valence-electron chi connectivity index (χ3n) is 2.97. The molecule has 0 amide bonds. The van der Waals surface area contributed by atoms with Crippen LogP contribution >= 0.6 is 15.9 Å². The SMILES string of the molecule is Cc1nc(Br)cc(N2CCCCCCC2)n1. The predicted molar refractivity (Wildman–Crippen MR) is 69.8 cm³/mol. The Hall–Kier alpha value is -0.640. The molecule has 1 aliphatic heterocycles. The van der Waals surface area contributed by atoms with Gasteiger partial charge in [-0.05, 0) is 35.7 Å². The smallest absolute Gasteiger partial charge is 0.133 e. The summed E-state index contributed by atoms with van der Waals surface area (Å²) in [6.07, 6.45) is 6.64. The number of anilines is 1. The molecule has 4 heteroatoms. The first-order chi connectivity index (χ1) is 7.75. The minimum Gasteiger partial charge on any atom is -0.356 e. The molecule has 16 heavy (non-hydrogen) atoms. The van der Waals surface area contributed by atoms with Crippen LogP contribution in [0.25, 0.3) is 0 Å². The van der Waals surface area contributed by atoms with Crippen molar-refractivity contribution >= 4 is 21.7 Å². The maximum atomic E-state index is 4.51. The highest BCUT2D eigenvalue weighted by molar-refractivity contribution is 9.10. The third-order valence-corrected chi connectivity index (χ3v) is 3.38. The van der Waals surface area contributed by atoms with Gasteiger partial charge in [-0.2, -0.15) is 0 Å². The molecule has 1 aromatic rings. The topological polar surface area (TPSA) is 29.0 Å². The minimum atomic E-state index is 0.839. The number of nitrogens with zero attached hydrogens (tertiary/aromatic N) is 3. The van der Waals surface area contributed by atoms with Gasteiger partial charge in [0.15, 0.2) is 0 Å². The van der Waals surface area contributed by atoms with E-state index in [4.69, 9.17) is 0 Å².